The molecule has 1 N–H and O–H groups in total. The van der Waals surface area contributed by atoms with Gasteiger partial charge < -0.3 is 14.6 Å². The van der Waals surface area contributed by atoms with Gasteiger partial charge in [0, 0.05) is 25.2 Å². The van der Waals surface area contributed by atoms with Crippen molar-refractivity contribution < 1.29 is 14.6 Å². The third-order valence-corrected chi connectivity index (χ3v) is 3.54. The number of para-hydroxylation sites is 1. The van der Waals surface area contributed by atoms with Crippen LogP contribution in [-0.4, -0.2) is 37.4 Å². The highest BCUT2D eigenvalue weighted by Crippen LogP contribution is 2.31. The zero-order valence-electron chi connectivity index (χ0n) is 13.2. The Morgan fingerprint density at radius 2 is 1.68 bits per heavy atom. The molecule has 0 atom stereocenters. The van der Waals surface area contributed by atoms with Gasteiger partial charge in [-0.15, -0.1) is 0 Å². The molecule has 2 aromatic carbocycles. The summed E-state index contributed by atoms with van der Waals surface area (Å²) in [7, 11) is 3.28. The first kappa shape index (κ1) is 16.3. The van der Waals surface area contributed by atoms with Crippen LogP contribution in [0.4, 0.5) is 0 Å². The molecule has 0 amide bonds. The van der Waals surface area contributed by atoms with Crippen molar-refractivity contribution >= 4 is 0 Å². The van der Waals surface area contributed by atoms with Crippen molar-refractivity contribution in [3.63, 3.8) is 0 Å². The van der Waals surface area contributed by atoms with Gasteiger partial charge in [0.1, 0.15) is 0 Å². The van der Waals surface area contributed by atoms with Crippen LogP contribution in [0.3, 0.4) is 0 Å². The van der Waals surface area contributed by atoms with Gasteiger partial charge >= 0.3 is 0 Å². The standard InChI is InChI=1S/C18H23NO3/c1-21-17-10-6-9-16(18(17)22-2)14-19(11-12-20)13-15-7-4-3-5-8-15/h3-10,20H,11-14H2,1-2H3. The van der Waals surface area contributed by atoms with Crippen LogP contribution in [0.25, 0.3) is 0 Å². The monoisotopic (exact) mass is 301 g/mol. The summed E-state index contributed by atoms with van der Waals surface area (Å²) in [5.41, 5.74) is 2.27. The van der Waals surface area contributed by atoms with Gasteiger partial charge in [0.2, 0.25) is 0 Å². The molecule has 0 saturated heterocycles. The van der Waals surface area contributed by atoms with E-state index < -0.39 is 0 Å². The molecule has 0 fully saturated rings. The van der Waals surface area contributed by atoms with E-state index in [-0.39, 0.29) is 6.61 Å². The molecule has 2 aromatic rings. The molecule has 0 unspecified atom stereocenters. The SMILES string of the molecule is COc1cccc(CN(CCO)Cc2ccccc2)c1OC. The van der Waals surface area contributed by atoms with Crippen molar-refractivity contribution in [1.82, 2.24) is 4.90 Å². The maximum absolute atomic E-state index is 9.32. The first-order valence-electron chi connectivity index (χ1n) is 7.35. The van der Waals surface area contributed by atoms with Gasteiger partial charge in [-0.3, -0.25) is 4.90 Å². The van der Waals surface area contributed by atoms with E-state index in [4.69, 9.17) is 9.47 Å². The zero-order chi connectivity index (χ0) is 15.8. The van der Waals surface area contributed by atoms with Crippen molar-refractivity contribution in [2.75, 3.05) is 27.4 Å². The summed E-state index contributed by atoms with van der Waals surface area (Å²) in [6, 6.07) is 16.1. The average Bonchev–Trinajstić information content (AvgIpc) is 2.55. The number of aliphatic hydroxyl groups is 1. The molecule has 118 valence electrons. The quantitative estimate of drug-likeness (QED) is 0.814. The molecule has 0 aromatic heterocycles. The Kier molecular flexibility index (Phi) is 6.25. The molecule has 4 nitrogen and oxygen atoms in total. The minimum atomic E-state index is 0.124. The molecule has 0 bridgehead atoms. The van der Waals surface area contributed by atoms with E-state index in [9.17, 15) is 5.11 Å². The third-order valence-electron chi connectivity index (χ3n) is 3.54. The van der Waals surface area contributed by atoms with Crippen molar-refractivity contribution in [2.24, 2.45) is 0 Å². The molecule has 0 aliphatic rings. The summed E-state index contributed by atoms with van der Waals surface area (Å²) in [6.45, 7) is 2.20. The molecular weight excluding hydrogens is 278 g/mol. The second-order valence-electron chi connectivity index (χ2n) is 5.07. The Balaban J connectivity index is 2.17. The Labute approximate surface area is 131 Å². The lowest BCUT2D eigenvalue weighted by Crippen LogP contribution is -2.26. The molecule has 0 aliphatic carbocycles. The molecule has 22 heavy (non-hydrogen) atoms. The molecule has 0 saturated carbocycles. The van der Waals surface area contributed by atoms with Crippen LogP contribution in [0.2, 0.25) is 0 Å². The lowest BCUT2D eigenvalue weighted by molar-refractivity contribution is 0.182. The number of ether oxygens (including phenoxy) is 2. The van der Waals surface area contributed by atoms with E-state index in [0.29, 0.717) is 13.1 Å². The minimum Gasteiger partial charge on any atom is -0.493 e. The van der Waals surface area contributed by atoms with Gasteiger partial charge in [-0.25, -0.2) is 0 Å². The van der Waals surface area contributed by atoms with Gasteiger partial charge in [0.15, 0.2) is 11.5 Å². The van der Waals surface area contributed by atoms with Crippen LogP contribution in [0.1, 0.15) is 11.1 Å². The molecule has 0 spiro atoms. The van der Waals surface area contributed by atoms with Crippen molar-refractivity contribution in [1.29, 1.82) is 0 Å². The van der Waals surface area contributed by atoms with Crippen LogP contribution < -0.4 is 9.47 Å². The number of hydrogen-bond donors (Lipinski definition) is 1. The van der Waals surface area contributed by atoms with Gasteiger partial charge in [-0.2, -0.15) is 0 Å². The Morgan fingerprint density at radius 3 is 2.32 bits per heavy atom. The first-order valence-corrected chi connectivity index (χ1v) is 7.35. The fourth-order valence-corrected chi connectivity index (χ4v) is 2.52. The van der Waals surface area contributed by atoms with E-state index >= 15 is 0 Å². The zero-order valence-corrected chi connectivity index (χ0v) is 13.2. The number of benzene rings is 2. The van der Waals surface area contributed by atoms with Crippen LogP contribution in [-0.2, 0) is 13.1 Å². The Hall–Kier alpha value is -2.04. The van der Waals surface area contributed by atoms with Gasteiger partial charge in [-0.05, 0) is 11.6 Å². The fraction of sp³-hybridized carbons (Fsp3) is 0.333. The van der Waals surface area contributed by atoms with Crippen LogP contribution in [0.5, 0.6) is 11.5 Å². The van der Waals surface area contributed by atoms with Gasteiger partial charge in [0.25, 0.3) is 0 Å². The van der Waals surface area contributed by atoms with Crippen molar-refractivity contribution in [2.45, 2.75) is 13.1 Å². The van der Waals surface area contributed by atoms with E-state index in [1.807, 2.05) is 36.4 Å². The second-order valence-corrected chi connectivity index (χ2v) is 5.07. The first-order chi connectivity index (χ1) is 10.8. The fourth-order valence-electron chi connectivity index (χ4n) is 2.52. The van der Waals surface area contributed by atoms with Crippen LogP contribution in [0.15, 0.2) is 48.5 Å². The Bertz CT molecular complexity index is 572. The summed E-state index contributed by atoms with van der Waals surface area (Å²) < 4.78 is 10.8. The average molecular weight is 301 g/mol. The predicted molar refractivity (Wildman–Crippen MR) is 87.2 cm³/mol. The third kappa shape index (κ3) is 4.23. The largest absolute Gasteiger partial charge is 0.493 e. The second kappa shape index (κ2) is 8.41. The smallest absolute Gasteiger partial charge is 0.165 e. The topological polar surface area (TPSA) is 41.9 Å². The van der Waals surface area contributed by atoms with E-state index in [0.717, 1.165) is 23.6 Å². The highest BCUT2D eigenvalue weighted by molar-refractivity contribution is 5.46. The highest BCUT2D eigenvalue weighted by atomic mass is 16.5. The van der Waals surface area contributed by atoms with E-state index in [2.05, 4.69) is 17.0 Å². The van der Waals surface area contributed by atoms with Crippen molar-refractivity contribution in [3.8, 4) is 11.5 Å². The molecule has 4 heteroatoms. The molecule has 0 heterocycles. The van der Waals surface area contributed by atoms with Gasteiger partial charge in [-0.1, -0.05) is 42.5 Å². The predicted octanol–water partition coefficient (Wildman–Crippen LogP) is 2.70. The maximum atomic E-state index is 9.32. The lowest BCUT2D eigenvalue weighted by atomic mass is 10.1. The summed E-state index contributed by atoms with van der Waals surface area (Å²) in [4.78, 5) is 2.19. The summed E-state index contributed by atoms with van der Waals surface area (Å²) in [5, 5.41) is 9.32. The number of nitrogens with zero attached hydrogens (tertiary/aromatic N) is 1. The summed E-state index contributed by atoms with van der Waals surface area (Å²) >= 11 is 0. The number of methoxy groups -OCH3 is 2. The minimum absolute atomic E-state index is 0.124. The van der Waals surface area contributed by atoms with E-state index in [1.54, 1.807) is 14.2 Å². The normalized spacial score (nSPS) is 10.7. The van der Waals surface area contributed by atoms with Crippen LogP contribution >= 0.6 is 0 Å². The van der Waals surface area contributed by atoms with Crippen molar-refractivity contribution in [3.05, 3.63) is 59.7 Å². The number of rotatable bonds is 8. The highest BCUT2D eigenvalue weighted by Gasteiger charge is 2.13. The molecule has 0 radical (unpaired) electrons. The summed E-state index contributed by atoms with van der Waals surface area (Å²) in [6.07, 6.45) is 0. The lowest BCUT2D eigenvalue weighted by Gasteiger charge is -2.23. The van der Waals surface area contributed by atoms with Crippen LogP contribution in [0, 0.1) is 0 Å². The number of hydrogen-bond acceptors (Lipinski definition) is 4. The summed E-state index contributed by atoms with van der Waals surface area (Å²) in [5.74, 6) is 1.48. The molecular formula is C18H23NO3. The van der Waals surface area contributed by atoms with Gasteiger partial charge in [0.05, 0.1) is 20.8 Å². The number of aliphatic hydroxyl groups excluding tert-OH is 1. The molecule has 2 rings (SSSR count). The Morgan fingerprint density at radius 1 is 0.909 bits per heavy atom. The van der Waals surface area contributed by atoms with E-state index in [1.165, 1.54) is 5.56 Å². The molecule has 0 aliphatic heterocycles. The maximum Gasteiger partial charge on any atom is 0.165 e.